The van der Waals surface area contributed by atoms with Crippen LogP contribution in [0.1, 0.15) is 22.3 Å². The first-order chi connectivity index (χ1) is 8.16. The van der Waals surface area contributed by atoms with Crippen LogP contribution in [0.25, 0.3) is 0 Å². The zero-order chi connectivity index (χ0) is 12.3. The Kier molecular flexibility index (Phi) is 4.37. The Morgan fingerprint density at radius 1 is 1.12 bits per heavy atom. The smallest absolute Gasteiger partial charge is 0.0219 e. The van der Waals surface area contributed by atoms with Crippen LogP contribution in [0, 0.1) is 13.8 Å². The molecule has 0 aliphatic heterocycles. The predicted octanol–water partition coefficient (Wildman–Crippen LogP) is 4.42. The highest BCUT2D eigenvalue weighted by molar-refractivity contribution is 9.10. The van der Waals surface area contributed by atoms with Gasteiger partial charge < -0.3 is 5.32 Å². The molecule has 1 N–H and O–H groups in total. The number of hydrogen-bond acceptors (Lipinski definition) is 2. The second-order valence-corrected chi connectivity index (χ2v) is 5.87. The van der Waals surface area contributed by atoms with Gasteiger partial charge in [-0.2, -0.15) is 11.3 Å². The fourth-order valence-corrected chi connectivity index (χ4v) is 2.94. The lowest BCUT2D eigenvalue weighted by Gasteiger charge is -2.06. The van der Waals surface area contributed by atoms with E-state index in [0.29, 0.717) is 0 Å². The minimum Gasteiger partial charge on any atom is -0.309 e. The highest BCUT2D eigenvalue weighted by atomic mass is 79.9. The Morgan fingerprint density at radius 2 is 1.94 bits per heavy atom. The maximum atomic E-state index is 3.56. The summed E-state index contributed by atoms with van der Waals surface area (Å²) in [5.41, 5.74) is 5.38. The molecule has 0 saturated carbocycles. The lowest BCUT2D eigenvalue weighted by Crippen LogP contribution is -2.12. The van der Waals surface area contributed by atoms with Crippen LogP contribution in [0.15, 0.2) is 33.4 Å². The van der Waals surface area contributed by atoms with Crippen molar-refractivity contribution in [2.75, 3.05) is 0 Å². The zero-order valence-corrected chi connectivity index (χ0v) is 12.5. The van der Waals surface area contributed by atoms with Gasteiger partial charge >= 0.3 is 0 Å². The van der Waals surface area contributed by atoms with E-state index in [4.69, 9.17) is 0 Å². The molecule has 17 heavy (non-hydrogen) atoms. The van der Waals surface area contributed by atoms with Crippen molar-refractivity contribution >= 4 is 27.3 Å². The van der Waals surface area contributed by atoms with Crippen LogP contribution in [-0.4, -0.2) is 0 Å². The first-order valence-corrected chi connectivity index (χ1v) is 7.38. The van der Waals surface area contributed by atoms with E-state index in [0.717, 1.165) is 13.1 Å². The molecule has 0 amide bonds. The Bertz CT molecular complexity index is 505. The van der Waals surface area contributed by atoms with Gasteiger partial charge in [-0.1, -0.05) is 28.1 Å². The summed E-state index contributed by atoms with van der Waals surface area (Å²) in [6.07, 6.45) is 0. The average molecular weight is 310 g/mol. The number of thiophene rings is 1. The Labute approximate surface area is 115 Å². The molecule has 1 nitrogen and oxygen atoms in total. The Hall–Kier alpha value is -0.640. The molecule has 3 heteroatoms. The third kappa shape index (κ3) is 3.41. The fraction of sp³-hybridized carbons (Fsp3) is 0.286. The summed E-state index contributed by atoms with van der Waals surface area (Å²) >= 11 is 5.33. The predicted molar refractivity (Wildman–Crippen MR) is 78.5 cm³/mol. The Balaban J connectivity index is 1.90. The van der Waals surface area contributed by atoms with Crippen LogP contribution < -0.4 is 5.32 Å². The Morgan fingerprint density at radius 3 is 2.59 bits per heavy atom. The van der Waals surface area contributed by atoms with Crippen LogP contribution in [-0.2, 0) is 13.1 Å². The maximum absolute atomic E-state index is 3.56. The van der Waals surface area contributed by atoms with Crippen LogP contribution in [0.3, 0.4) is 0 Å². The standard InChI is InChI=1S/C14H16BrNS/c1-10-3-4-12(5-14(10)15)6-16-7-13-9-17-8-11(13)2/h3-5,8-9,16H,6-7H2,1-2H3. The number of aryl methyl sites for hydroxylation is 2. The van der Waals surface area contributed by atoms with E-state index in [1.165, 1.54) is 26.7 Å². The molecule has 0 spiro atoms. The largest absolute Gasteiger partial charge is 0.309 e. The van der Waals surface area contributed by atoms with E-state index < -0.39 is 0 Å². The van der Waals surface area contributed by atoms with E-state index in [1.807, 2.05) is 0 Å². The van der Waals surface area contributed by atoms with Crippen LogP contribution in [0.2, 0.25) is 0 Å². The molecule has 0 atom stereocenters. The van der Waals surface area contributed by atoms with Gasteiger partial charge in [-0.15, -0.1) is 0 Å². The molecule has 2 rings (SSSR count). The second-order valence-electron chi connectivity index (χ2n) is 4.27. The summed E-state index contributed by atoms with van der Waals surface area (Å²) in [6.45, 7) is 6.13. The molecule has 0 aliphatic carbocycles. The number of rotatable bonds is 4. The number of benzene rings is 1. The van der Waals surface area contributed by atoms with Crippen LogP contribution in [0.4, 0.5) is 0 Å². The highest BCUT2D eigenvalue weighted by Gasteiger charge is 2.00. The zero-order valence-electron chi connectivity index (χ0n) is 10.1. The normalized spacial score (nSPS) is 10.8. The van der Waals surface area contributed by atoms with Gasteiger partial charge in [0, 0.05) is 17.6 Å². The van der Waals surface area contributed by atoms with Gasteiger partial charge in [0.25, 0.3) is 0 Å². The minimum absolute atomic E-state index is 0.911. The lowest BCUT2D eigenvalue weighted by molar-refractivity contribution is 0.692. The van der Waals surface area contributed by atoms with Gasteiger partial charge in [0.2, 0.25) is 0 Å². The van der Waals surface area contributed by atoms with E-state index in [2.05, 4.69) is 64.1 Å². The lowest BCUT2D eigenvalue weighted by atomic mass is 10.1. The summed E-state index contributed by atoms with van der Waals surface area (Å²) in [5.74, 6) is 0. The number of hydrogen-bond donors (Lipinski definition) is 1. The van der Waals surface area contributed by atoms with Crippen molar-refractivity contribution in [2.45, 2.75) is 26.9 Å². The van der Waals surface area contributed by atoms with Crippen molar-refractivity contribution < 1.29 is 0 Å². The molecule has 1 aromatic carbocycles. The van der Waals surface area contributed by atoms with Crippen molar-refractivity contribution in [3.63, 3.8) is 0 Å². The maximum Gasteiger partial charge on any atom is 0.0219 e. The summed E-state index contributed by atoms with van der Waals surface area (Å²) in [6, 6.07) is 6.51. The summed E-state index contributed by atoms with van der Waals surface area (Å²) in [7, 11) is 0. The topological polar surface area (TPSA) is 12.0 Å². The average Bonchev–Trinajstić information content (AvgIpc) is 2.70. The molecule has 0 bridgehead atoms. The molecular weight excluding hydrogens is 294 g/mol. The third-order valence-electron chi connectivity index (χ3n) is 2.84. The first-order valence-electron chi connectivity index (χ1n) is 5.64. The third-order valence-corrected chi connectivity index (χ3v) is 4.61. The van der Waals surface area contributed by atoms with Gasteiger partial charge in [-0.3, -0.25) is 0 Å². The van der Waals surface area contributed by atoms with Crippen molar-refractivity contribution in [2.24, 2.45) is 0 Å². The van der Waals surface area contributed by atoms with Gasteiger partial charge in [0.15, 0.2) is 0 Å². The molecule has 2 aromatic rings. The van der Waals surface area contributed by atoms with E-state index in [9.17, 15) is 0 Å². The summed E-state index contributed by atoms with van der Waals surface area (Å²) in [4.78, 5) is 0. The molecular formula is C14H16BrNS. The quantitative estimate of drug-likeness (QED) is 0.881. The van der Waals surface area contributed by atoms with Crippen LogP contribution >= 0.6 is 27.3 Å². The molecule has 0 radical (unpaired) electrons. The van der Waals surface area contributed by atoms with Gasteiger partial charge in [0.05, 0.1) is 0 Å². The first kappa shape index (κ1) is 12.8. The molecule has 1 aromatic heterocycles. The van der Waals surface area contributed by atoms with Gasteiger partial charge in [0.1, 0.15) is 0 Å². The van der Waals surface area contributed by atoms with E-state index in [1.54, 1.807) is 11.3 Å². The molecule has 0 saturated heterocycles. The molecule has 0 unspecified atom stereocenters. The monoisotopic (exact) mass is 309 g/mol. The van der Waals surface area contributed by atoms with Gasteiger partial charge in [-0.25, -0.2) is 0 Å². The molecule has 0 aliphatic rings. The summed E-state index contributed by atoms with van der Waals surface area (Å²) in [5, 5.41) is 7.89. The molecule has 1 heterocycles. The van der Waals surface area contributed by atoms with Crippen molar-refractivity contribution in [3.8, 4) is 0 Å². The molecule has 90 valence electrons. The van der Waals surface area contributed by atoms with Crippen molar-refractivity contribution in [1.29, 1.82) is 0 Å². The van der Waals surface area contributed by atoms with Gasteiger partial charge in [-0.05, 0) is 52.9 Å². The second kappa shape index (κ2) is 5.80. The van der Waals surface area contributed by atoms with Crippen molar-refractivity contribution in [3.05, 3.63) is 55.7 Å². The van der Waals surface area contributed by atoms with Crippen molar-refractivity contribution in [1.82, 2.24) is 5.32 Å². The van der Waals surface area contributed by atoms with Crippen LogP contribution in [0.5, 0.6) is 0 Å². The molecule has 0 fully saturated rings. The van der Waals surface area contributed by atoms with E-state index >= 15 is 0 Å². The SMILES string of the molecule is Cc1ccc(CNCc2cscc2C)cc1Br. The summed E-state index contributed by atoms with van der Waals surface area (Å²) < 4.78 is 1.18. The minimum atomic E-state index is 0.911. The number of halogens is 1. The van der Waals surface area contributed by atoms with E-state index in [-0.39, 0.29) is 0 Å². The highest BCUT2D eigenvalue weighted by Crippen LogP contribution is 2.18. The fourth-order valence-electron chi connectivity index (χ4n) is 1.66. The number of nitrogens with one attached hydrogen (secondary N) is 1.